The number of para-hydroxylation sites is 1. The maximum Gasteiger partial charge on any atom is 0.0644 e. The molecule has 1 fully saturated rings. The number of hydrogen-bond acceptors (Lipinski definition) is 4. The van der Waals surface area contributed by atoms with Gasteiger partial charge in [0.2, 0.25) is 0 Å². The fourth-order valence-electron chi connectivity index (χ4n) is 3.84. The van der Waals surface area contributed by atoms with Crippen LogP contribution in [0.5, 0.6) is 0 Å². The van der Waals surface area contributed by atoms with Crippen LogP contribution in [0.1, 0.15) is 29.8 Å². The molecule has 1 aromatic carbocycles. The minimum absolute atomic E-state index is 0.131. The number of anilines is 1. The predicted octanol–water partition coefficient (Wildman–Crippen LogP) is 2.59. The third-order valence-corrected chi connectivity index (χ3v) is 5.39. The van der Waals surface area contributed by atoms with Crippen LogP contribution in [0.3, 0.4) is 0 Å². The molecule has 2 heterocycles. The van der Waals surface area contributed by atoms with Gasteiger partial charge in [0.25, 0.3) is 0 Å². The number of likely N-dealkylation sites (N-methyl/N-ethyl adjacent to an activating group) is 1. The molecule has 5 heteroatoms. The van der Waals surface area contributed by atoms with E-state index < -0.39 is 0 Å². The molecule has 1 aliphatic heterocycles. The van der Waals surface area contributed by atoms with E-state index in [0.29, 0.717) is 12.6 Å². The molecule has 0 aliphatic carbocycles. The predicted molar refractivity (Wildman–Crippen MR) is 102 cm³/mol. The van der Waals surface area contributed by atoms with Crippen molar-refractivity contribution in [2.24, 2.45) is 0 Å². The lowest BCUT2D eigenvalue weighted by Gasteiger charge is -2.39. The molecule has 0 radical (unpaired) electrons. The molecule has 0 saturated carbocycles. The Bertz CT molecular complexity index is 683. The molecule has 136 valence electrons. The molecule has 3 rings (SSSR count). The van der Waals surface area contributed by atoms with Crippen molar-refractivity contribution in [1.29, 1.82) is 0 Å². The Balaban J connectivity index is 1.68. The van der Waals surface area contributed by atoms with Crippen LogP contribution in [-0.2, 0) is 13.1 Å². The SMILES string of the molecule is Cc1nn(CCO)c(C)c1CN(C)C1CCCN(c2ccccc2)C1. The number of benzene rings is 1. The normalized spacial score (nSPS) is 18.1. The number of aryl methyl sites for hydroxylation is 1. The number of aliphatic hydroxyl groups is 1. The third-order valence-electron chi connectivity index (χ3n) is 5.39. The Labute approximate surface area is 150 Å². The number of nitrogens with zero attached hydrogens (tertiary/aromatic N) is 4. The number of aliphatic hydroxyl groups excluding tert-OH is 1. The molecule has 0 bridgehead atoms. The maximum atomic E-state index is 9.19. The summed E-state index contributed by atoms with van der Waals surface area (Å²) in [7, 11) is 2.22. The smallest absolute Gasteiger partial charge is 0.0644 e. The highest BCUT2D eigenvalue weighted by Crippen LogP contribution is 2.24. The van der Waals surface area contributed by atoms with Crippen LogP contribution in [0.2, 0.25) is 0 Å². The summed E-state index contributed by atoms with van der Waals surface area (Å²) in [5.74, 6) is 0. The van der Waals surface area contributed by atoms with Crippen LogP contribution in [0, 0.1) is 13.8 Å². The van der Waals surface area contributed by atoms with Gasteiger partial charge in [0.05, 0.1) is 18.8 Å². The molecule has 1 aromatic heterocycles. The summed E-state index contributed by atoms with van der Waals surface area (Å²) < 4.78 is 1.93. The molecule has 25 heavy (non-hydrogen) atoms. The van der Waals surface area contributed by atoms with Crippen molar-refractivity contribution in [1.82, 2.24) is 14.7 Å². The molecule has 0 amide bonds. The number of aromatic nitrogens is 2. The van der Waals surface area contributed by atoms with E-state index in [1.165, 1.54) is 29.8 Å². The summed E-state index contributed by atoms with van der Waals surface area (Å²) in [5.41, 5.74) is 4.87. The van der Waals surface area contributed by atoms with Crippen LogP contribution in [0.4, 0.5) is 5.69 Å². The second kappa shape index (κ2) is 8.02. The lowest BCUT2D eigenvalue weighted by atomic mass is 10.0. The van der Waals surface area contributed by atoms with Gasteiger partial charge in [-0.05, 0) is 45.9 Å². The van der Waals surface area contributed by atoms with Crippen molar-refractivity contribution >= 4 is 5.69 Å². The largest absolute Gasteiger partial charge is 0.394 e. The van der Waals surface area contributed by atoms with E-state index in [9.17, 15) is 5.11 Å². The summed E-state index contributed by atoms with van der Waals surface area (Å²) >= 11 is 0. The lowest BCUT2D eigenvalue weighted by molar-refractivity contribution is 0.207. The van der Waals surface area contributed by atoms with Crippen molar-refractivity contribution in [2.45, 2.75) is 45.8 Å². The van der Waals surface area contributed by atoms with E-state index in [1.807, 2.05) is 4.68 Å². The third kappa shape index (κ3) is 4.05. The fraction of sp³-hybridized carbons (Fsp3) is 0.550. The van der Waals surface area contributed by atoms with Crippen molar-refractivity contribution in [3.05, 3.63) is 47.3 Å². The van der Waals surface area contributed by atoms with E-state index in [4.69, 9.17) is 0 Å². The fourth-order valence-corrected chi connectivity index (χ4v) is 3.84. The first-order valence-electron chi connectivity index (χ1n) is 9.24. The first-order chi connectivity index (χ1) is 12.1. The van der Waals surface area contributed by atoms with E-state index in [-0.39, 0.29) is 6.61 Å². The van der Waals surface area contributed by atoms with E-state index in [1.54, 1.807) is 0 Å². The van der Waals surface area contributed by atoms with Gasteiger partial charge in [0, 0.05) is 42.6 Å². The molecule has 2 aromatic rings. The van der Waals surface area contributed by atoms with Crippen molar-refractivity contribution in [3.63, 3.8) is 0 Å². The van der Waals surface area contributed by atoms with Gasteiger partial charge in [0.15, 0.2) is 0 Å². The maximum absolute atomic E-state index is 9.19. The Hall–Kier alpha value is -1.85. The summed E-state index contributed by atoms with van der Waals surface area (Å²) in [5, 5.41) is 13.8. The van der Waals surface area contributed by atoms with Crippen LogP contribution in [-0.4, -0.2) is 52.6 Å². The quantitative estimate of drug-likeness (QED) is 0.876. The Kier molecular flexibility index (Phi) is 5.76. The van der Waals surface area contributed by atoms with Crippen molar-refractivity contribution in [2.75, 3.05) is 31.6 Å². The first kappa shape index (κ1) is 18.0. The molecule has 1 unspecified atom stereocenters. The van der Waals surface area contributed by atoms with Gasteiger partial charge in [-0.2, -0.15) is 5.10 Å². The van der Waals surface area contributed by atoms with E-state index >= 15 is 0 Å². The van der Waals surface area contributed by atoms with Gasteiger partial charge >= 0.3 is 0 Å². The second-order valence-corrected chi connectivity index (χ2v) is 7.09. The summed E-state index contributed by atoms with van der Waals surface area (Å²) in [4.78, 5) is 4.97. The summed E-state index contributed by atoms with van der Waals surface area (Å²) in [6, 6.07) is 11.3. The molecule has 5 nitrogen and oxygen atoms in total. The molecule has 1 atom stereocenters. The van der Waals surface area contributed by atoms with Crippen molar-refractivity contribution in [3.8, 4) is 0 Å². The van der Waals surface area contributed by atoms with Crippen molar-refractivity contribution < 1.29 is 5.11 Å². The van der Waals surface area contributed by atoms with Crippen LogP contribution in [0.15, 0.2) is 30.3 Å². The average Bonchev–Trinajstić information content (AvgIpc) is 2.90. The number of rotatable bonds is 6. The van der Waals surface area contributed by atoms with Gasteiger partial charge in [0.1, 0.15) is 0 Å². The average molecular weight is 342 g/mol. The van der Waals surface area contributed by atoms with Crippen LogP contribution in [0.25, 0.3) is 0 Å². The second-order valence-electron chi connectivity index (χ2n) is 7.09. The number of hydrogen-bond donors (Lipinski definition) is 1. The molecule has 1 saturated heterocycles. The number of piperidine rings is 1. The Morgan fingerprint density at radius 3 is 2.72 bits per heavy atom. The van der Waals surface area contributed by atoms with Gasteiger partial charge < -0.3 is 10.0 Å². The molecule has 1 aliphatic rings. The minimum atomic E-state index is 0.131. The lowest BCUT2D eigenvalue weighted by Crippen LogP contribution is -2.46. The molecule has 0 spiro atoms. The Morgan fingerprint density at radius 2 is 2.00 bits per heavy atom. The van der Waals surface area contributed by atoms with E-state index in [2.05, 4.69) is 66.1 Å². The van der Waals surface area contributed by atoms with Crippen LogP contribution < -0.4 is 4.90 Å². The minimum Gasteiger partial charge on any atom is -0.394 e. The highest BCUT2D eigenvalue weighted by atomic mass is 16.3. The first-order valence-corrected chi connectivity index (χ1v) is 9.24. The zero-order chi connectivity index (χ0) is 17.8. The Morgan fingerprint density at radius 1 is 1.24 bits per heavy atom. The zero-order valence-electron chi connectivity index (χ0n) is 15.6. The topological polar surface area (TPSA) is 44.5 Å². The van der Waals surface area contributed by atoms with Gasteiger partial charge in [-0.3, -0.25) is 9.58 Å². The highest BCUT2D eigenvalue weighted by molar-refractivity contribution is 5.46. The van der Waals surface area contributed by atoms with Gasteiger partial charge in [-0.15, -0.1) is 0 Å². The molecule has 1 N–H and O–H groups in total. The summed E-state index contributed by atoms with van der Waals surface area (Å²) in [6.07, 6.45) is 2.47. The highest BCUT2D eigenvalue weighted by Gasteiger charge is 2.25. The zero-order valence-corrected chi connectivity index (χ0v) is 15.6. The van der Waals surface area contributed by atoms with Gasteiger partial charge in [-0.25, -0.2) is 0 Å². The standard InChI is InChI=1S/C20H30N4O/c1-16-20(17(2)24(21-16)12-13-25)15-22(3)19-10-7-11-23(14-19)18-8-5-4-6-9-18/h4-6,8-9,19,25H,7,10-15H2,1-3H3. The molecular formula is C20H30N4O. The van der Waals surface area contributed by atoms with Crippen LogP contribution >= 0.6 is 0 Å². The summed E-state index contributed by atoms with van der Waals surface area (Å²) in [6.45, 7) is 8.01. The molecular weight excluding hydrogens is 312 g/mol. The monoisotopic (exact) mass is 342 g/mol. The van der Waals surface area contributed by atoms with Gasteiger partial charge in [-0.1, -0.05) is 18.2 Å². The van der Waals surface area contributed by atoms with E-state index in [0.717, 1.165) is 25.3 Å².